The molecule has 1 aromatic carbocycles. The Morgan fingerprint density at radius 1 is 1.33 bits per heavy atom. The highest BCUT2D eigenvalue weighted by molar-refractivity contribution is 9.10. The van der Waals surface area contributed by atoms with Crippen LogP contribution in [0.2, 0.25) is 5.02 Å². The Balaban J connectivity index is 3.01. The van der Waals surface area contributed by atoms with E-state index in [2.05, 4.69) is 34.8 Å². The third-order valence-corrected chi connectivity index (χ3v) is 4.25. The van der Waals surface area contributed by atoms with E-state index in [1.54, 1.807) is 0 Å². The van der Waals surface area contributed by atoms with E-state index < -0.39 is 0 Å². The van der Waals surface area contributed by atoms with Crippen LogP contribution in [-0.2, 0) is 0 Å². The van der Waals surface area contributed by atoms with Crippen molar-refractivity contribution >= 4 is 38.4 Å². The van der Waals surface area contributed by atoms with Crippen LogP contribution in [0, 0.1) is 19.7 Å². The summed E-state index contributed by atoms with van der Waals surface area (Å²) in [5, 5.41) is 1.27. The van der Waals surface area contributed by atoms with E-state index in [1.807, 2.05) is 13.8 Å². The molecule has 0 N–H and O–H groups in total. The molecule has 4 heteroatoms. The van der Waals surface area contributed by atoms with Gasteiger partial charge in [0.15, 0.2) is 0 Å². The van der Waals surface area contributed by atoms with Crippen LogP contribution < -0.4 is 0 Å². The number of hydrogen-bond donors (Lipinski definition) is 0. The molecule has 0 atom stereocenters. The first kappa shape index (κ1) is 13.8. The summed E-state index contributed by atoms with van der Waals surface area (Å²) >= 11 is 9.73. The van der Waals surface area contributed by atoms with Gasteiger partial charge in [-0.3, -0.25) is 4.98 Å². The normalized spacial score (nSPS) is 11.6. The summed E-state index contributed by atoms with van der Waals surface area (Å²) < 4.78 is 14.2. The minimum atomic E-state index is -0.303. The molecule has 2 rings (SSSR count). The third-order valence-electron chi connectivity index (χ3n) is 3.09. The second-order valence-electron chi connectivity index (χ2n) is 4.79. The molecule has 0 aliphatic heterocycles. The fourth-order valence-electron chi connectivity index (χ4n) is 2.28. The van der Waals surface area contributed by atoms with Crippen molar-refractivity contribution in [2.75, 3.05) is 0 Å². The van der Waals surface area contributed by atoms with Gasteiger partial charge in [-0.05, 0) is 52.9 Å². The molecule has 0 aliphatic carbocycles. The number of aromatic nitrogens is 1. The first-order valence-electron chi connectivity index (χ1n) is 5.78. The Morgan fingerprint density at radius 3 is 2.50 bits per heavy atom. The average molecular weight is 331 g/mol. The molecule has 0 amide bonds. The summed E-state index contributed by atoms with van der Waals surface area (Å²) in [6.07, 6.45) is 0. The van der Waals surface area contributed by atoms with Gasteiger partial charge in [-0.25, -0.2) is 4.39 Å². The highest BCUT2D eigenvalue weighted by atomic mass is 79.9. The highest BCUT2D eigenvalue weighted by Crippen LogP contribution is 2.39. The maximum atomic E-state index is 13.8. The topological polar surface area (TPSA) is 12.9 Å². The van der Waals surface area contributed by atoms with Crippen molar-refractivity contribution < 1.29 is 4.39 Å². The third kappa shape index (κ3) is 2.04. The summed E-state index contributed by atoms with van der Waals surface area (Å²) in [5.41, 5.74) is 3.44. The maximum Gasteiger partial charge on any atom is 0.138 e. The molecule has 0 aliphatic rings. The highest BCUT2D eigenvalue weighted by Gasteiger charge is 2.19. The predicted octanol–water partition coefficient (Wildman–Crippen LogP) is 5.53. The van der Waals surface area contributed by atoms with Crippen LogP contribution in [0.4, 0.5) is 4.39 Å². The second-order valence-corrected chi connectivity index (χ2v) is 5.96. The van der Waals surface area contributed by atoms with E-state index in [0.29, 0.717) is 14.9 Å². The Bertz CT molecular complexity index is 638. The molecule has 0 fully saturated rings. The van der Waals surface area contributed by atoms with Gasteiger partial charge >= 0.3 is 0 Å². The van der Waals surface area contributed by atoms with Crippen LogP contribution in [0.5, 0.6) is 0 Å². The molecule has 0 spiro atoms. The zero-order chi connectivity index (χ0) is 13.6. The first-order valence-corrected chi connectivity index (χ1v) is 6.96. The van der Waals surface area contributed by atoms with E-state index in [0.717, 1.165) is 22.3 Å². The van der Waals surface area contributed by atoms with Crippen molar-refractivity contribution in [3.63, 3.8) is 0 Å². The number of hydrogen-bond acceptors (Lipinski definition) is 1. The summed E-state index contributed by atoms with van der Waals surface area (Å²) in [7, 11) is 0. The van der Waals surface area contributed by atoms with Crippen LogP contribution in [-0.4, -0.2) is 4.98 Å². The monoisotopic (exact) mass is 329 g/mol. The van der Waals surface area contributed by atoms with Crippen molar-refractivity contribution in [1.82, 2.24) is 4.98 Å². The lowest BCUT2D eigenvalue weighted by molar-refractivity contribution is 0.622. The summed E-state index contributed by atoms with van der Waals surface area (Å²) in [6.45, 7) is 7.90. The zero-order valence-corrected chi connectivity index (χ0v) is 13.1. The summed E-state index contributed by atoms with van der Waals surface area (Å²) in [5.74, 6) is -0.0490. The number of fused-ring (bicyclic) bond motifs is 1. The van der Waals surface area contributed by atoms with Crippen LogP contribution >= 0.6 is 27.5 Å². The first-order chi connectivity index (χ1) is 8.34. The quantitative estimate of drug-likeness (QED) is 0.670. The Kier molecular flexibility index (Phi) is 3.65. The van der Waals surface area contributed by atoms with Gasteiger partial charge in [-0.15, -0.1) is 0 Å². The Morgan fingerprint density at radius 2 is 1.94 bits per heavy atom. The molecular weight excluding hydrogens is 317 g/mol. The SMILES string of the molecule is Cc1nc2c(C)cc(F)c(Br)c2c(Cl)c1C(C)C. The molecule has 0 bridgehead atoms. The van der Waals surface area contributed by atoms with E-state index in [-0.39, 0.29) is 11.7 Å². The fraction of sp³-hybridized carbons (Fsp3) is 0.357. The van der Waals surface area contributed by atoms with Crippen molar-refractivity contribution in [3.05, 3.63) is 38.2 Å². The number of pyridine rings is 1. The van der Waals surface area contributed by atoms with E-state index in [4.69, 9.17) is 11.6 Å². The largest absolute Gasteiger partial charge is 0.252 e. The van der Waals surface area contributed by atoms with Gasteiger partial charge in [0.1, 0.15) is 5.82 Å². The molecule has 18 heavy (non-hydrogen) atoms. The minimum Gasteiger partial charge on any atom is -0.252 e. The van der Waals surface area contributed by atoms with Crippen LogP contribution in [0.1, 0.15) is 36.6 Å². The summed E-state index contributed by atoms with van der Waals surface area (Å²) in [4.78, 5) is 4.58. The molecule has 0 saturated carbocycles. The van der Waals surface area contributed by atoms with Crippen molar-refractivity contribution in [2.45, 2.75) is 33.6 Å². The van der Waals surface area contributed by atoms with Gasteiger partial charge in [0.2, 0.25) is 0 Å². The van der Waals surface area contributed by atoms with Crippen molar-refractivity contribution in [3.8, 4) is 0 Å². The predicted molar refractivity (Wildman–Crippen MR) is 78.0 cm³/mol. The van der Waals surface area contributed by atoms with Crippen LogP contribution in [0.25, 0.3) is 10.9 Å². The molecule has 2 aromatic rings. The lowest BCUT2D eigenvalue weighted by Gasteiger charge is -2.16. The number of benzene rings is 1. The molecule has 0 radical (unpaired) electrons. The van der Waals surface area contributed by atoms with Gasteiger partial charge in [-0.2, -0.15) is 0 Å². The van der Waals surface area contributed by atoms with Gasteiger partial charge in [0.05, 0.1) is 15.0 Å². The lowest BCUT2D eigenvalue weighted by Crippen LogP contribution is -2.00. The van der Waals surface area contributed by atoms with Gasteiger partial charge in [-0.1, -0.05) is 25.4 Å². The second kappa shape index (κ2) is 4.78. The smallest absolute Gasteiger partial charge is 0.138 e. The van der Waals surface area contributed by atoms with E-state index >= 15 is 0 Å². The number of nitrogens with zero attached hydrogens (tertiary/aromatic N) is 1. The van der Waals surface area contributed by atoms with Crippen LogP contribution in [0.3, 0.4) is 0 Å². The molecule has 0 unspecified atom stereocenters. The van der Waals surface area contributed by atoms with Gasteiger partial charge in [0.25, 0.3) is 0 Å². The molecule has 1 aromatic heterocycles. The maximum absolute atomic E-state index is 13.8. The Hall–Kier alpha value is -0.670. The zero-order valence-electron chi connectivity index (χ0n) is 10.7. The van der Waals surface area contributed by atoms with E-state index in [9.17, 15) is 4.39 Å². The molecule has 0 saturated heterocycles. The lowest BCUT2D eigenvalue weighted by atomic mass is 9.98. The average Bonchev–Trinajstić information content (AvgIpc) is 2.25. The molecular formula is C14H14BrClFN. The summed E-state index contributed by atoms with van der Waals surface area (Å²) in [6, 6.07) is 1.48. The van der Waals surface area contributed by atoms with Crippen molar-refractivity contribution in [2.24, 2.45) is 0 Å². The standard InChI is InChI=1S/C14H14BrClFN/c1-6(2)10-8(4)18-14-7(3)5-9(17)12(15)11(14)13(10)16/h5-6H,1-4H3. The fourth-order valence-corrected chi connectivity index (χ4v) is 3.43. The van der Waals surface area contributed by atoms with Gasteiger partial charge < -0.3 is 0 Å². The van der Waals surface area contributed by atoms with Gasteiger partial charge in [0, 0.05) is 11.1 Å². The number of aryl methyl sites for hydroxylation is 2. The molecule has 1 heterocycles. The Labute approximate surface area is 119 Å². The van der Waals surface area contributed by atoms with E-state index in [1.165, 1.54) is 6.07 Å². The van der Waals surface area contributed by atoms with Crippen molar-refractivity contribution in [1.29, 1.82) is 0 Å². The number of rotatable bonds is 1. The number of halogens is 3. The van der Waals surface area contributed by atoms with Crippen LogP contribution in [0.15, 0.2) is 10.5 Å². The molecule has 96 valence electrons. The minimum absolute atomic E-state index is 0.255. The molecule has 1 nitrogen and oxygen atoms in total.